The highest BCUT2D eigenvalue weighted by molar-refractivity contribution is 7.86. The maximum absolute atomic E-state index is 12.1. The Labute approximate surface area is 321 Å². The number of fused-ring (bicyclic) bond motifs is 2. The maximum Gasteiger partial charge on any atom is 0.303 e. The van der Waals surface area contributed by atoms with E-state index in [1.165, 1.54) is 36.4 Å². The van der Waals surface area contributed by atoms with E-state index in [2.05, 4.69) is 0 Å². The van der Waals surface area contributed by atoms with E-state index in [9.17, 15) is 61.8 Å². The molecule has 0 amide bonds. The lowest BCUT2D eigenvalue weighted by atomic mass is 9.77. The van der Waals surface area contributed by atoms with Crippen LogP contribution in [0.15, 0.2) is 82.3 Å². The van der Waals surface area contributed by atoms with Gasteiger partial charge in [0.1, 0.15) is 6.54 Å². The average molecular weight is 844 g/mol. The van der Waals surface area contributed by atoms with Gasteiger partial charge in [0.15, 0.2) is 5.71 Å². The Morgan fingerprint density at radius 2 is 1.36 bits per heavy atom. The highest BCUT2D eigenvalue weighted by atomic mass is 32.2. The summed E-state index contributed by atoms with van der Waals surface area (Å²) < 4.78 is 138. The Kier molecular flexibility index (Phi) is 13.1. The second-order valence-electron chi connectivity index (χ2n) is 14.1. The molecule has 1 atom stereocenters. The number of aliphatic carboxylic acids is 1. The van der Waals surface area contributed by atoms with Gasteiger partial charge in [-0.2, -0.15) is 21.4 Å². The van der Waals surface area contributed by atoms with Crippen molar-refractivity contribution in [3.05, 3.63) is 83.6 Å². The molecular weight excluding hydrogens is 801 g/mol. The lowest BCUT2D eigenvalue weighted by Crippen LogP contribution is -2.30. The molecule has 0 aliphatic carbocycles. The van der Waals surface area contributed by atoms with Crippen molar-refractivity contribution in [3.8, 4) is 0 Å². The summed E-state index contributed by atoms with van der Waals surface area (Å²) >= 11 is 0. The van der Waals surface area contributed by atoms with Gasteiger partial charge < -0.3 is 19.1 Å². The van der Waals surface area contributed by atoms with Crippen LogP contribution in [-0.4, -0.2) is 97.8 Å². The summed E-state index contributed by atoms with van der Waals surface area (Å²) in [4.78, 5) is 12.3. The molecule has 20 heteroatoms. The van der Waals surface area contributed by atoms with Crippen LogP contribution in [0.5, 0.6) is 0 Å². The molecule has 0 fully saturated rings. The third-order valence-corrected chi connectivity index (χ3v) is 13.0. The van der Waals surface area contributed by atoms with Crippen LogP contribution in [0.25, 0.3) is 0 Å². The van der Waals surface area contributed by atoms with Gasteiger partial charge in [-0.3, -0.25) is 13.9 Å². The van der Waals surface area contributed by atoms with E-state index in [1.807, 2.05) is 20.8 Å². The Balaban J connectivity index is 1.78. The van der Waals surface area contributed by atoms with E-state index < -0.39 is 68.8 Å². The summed E-state index contributed by atoms with van der Waals surface area (Å²) in [5.74, 6) is -2.29. The largest absolute Gasteiger partial charge is 0.748 e. The number of anilines is 1. The fourth-order valence-electron chi connectivity index (χ4n) is 7.16. The molecule has 0 radical (unpaired) electrons. The van der Waals surface area contributed by atoms with Crippen LogP contribution in [0.4, 0.5) is 11.4 Å². The summed E-state index contributed by atoms with van der Waals surface area (Å²) in [5, 5.41) is 9.19. The Morgan fingerprint density at radius 1 is 0.782 bits per heavy atom. The second kappa shape index (κ2) is 16.4. The van der Waals surface area contributed by atoms with Crippen LogP contribution < -0.4 is 4.90 Å². The molecule has 3 N–H and O–H groups in total. The van der Waals surface area contributed by atoms with Crippen molar-refractivity contribution >= 4 is 63.5 Å². The molecule has 0 saturated heterocycles. The molecule has 2 aliphatic rings. The molecule has 1 unspecified atom stereocenters. The van der Waals surface area contributed by atoms with Gasteiger partial charge in [-0.1, -0.05) is 24.6 Å². The van der Waals surface area contributed by atoms with E-state index >= 15 is 0 Å². The van der Waals surface area contributed by atoms with Crippen LogP contribution in [0, 0.1) is 0 Å². The van der Waals surface area contributed by atoms with Gasteiger partial charge in [-0.25, -0.2) is 16.8 Å². The first kappa shape index (κ1) is 44.0. The number of nitrogens with zero attached hydrogens (tertiary/aromatic N) is 2. The molecule has 4 rings (SSSR count). The SMILES string of the molecule is CC1(C)C(/C=C/C=C/C=C2/N(CCCS(=O)(=O)[O-])c3ccc(S(=O)(=O)O)cc3C2(C)CCCCC(=O)O)=[N+](CCCS(=O)(=O)[O-])c2ccc(S(=O)(=O)O)cc21. The predicted molar refractivity (Wildman–Crippen MR) is 201 cm³/mol. The van der Waals surface area contributed by atoms with Crippen LogP contribution in [0.2, 0.25) is 0 Å². The maximum atomic E-state index is 12.1. The molecule has 2 aromatic rings. The number of carboxylic acids is 1. The zero-order valence-electron chi connectivity index (χ0n) is 30.3. The van der Waals surface area contributed by atoms with Gasteiger partial charge >= 0.3 is 5.97 Å². The fourth-order valence-corrected chi connectivity index (χ4v) is 9.14. The van der Waals surface area contributed by atoms with Crippen LogP contribution in [0.1, 0.15) is 70.4 Å². The normalized spacial score (nSPS) is 19.5. The van der Waals surface area contributed by atoms with Crippen molar-refractivity contribution < 1.29 is 66.4 Å². The Bertz CT molecular complexity index is 2420. The van der Waals surface area contributed by atoms with Gasteiger partial charge in [0.25, 0.3) is 20.2 Å². The topological polar surface area (TPSA) is 267 Å². The zero-order chi connectivity index (χ0) is 41.2. The molecule has 0 aromatic heterocycles. The first-order chi connectivity index (χ1) is 25.3. The first-order valence-electron chi connectivity index (χ1n) is 17.1. The number of carboxylic acid groups (broad SMARTS) is 1. The molecule has 302 valence electrons. The summed E-state index contributed by atoms with van der Waals surface area (Å²) in [7, 11) is -18.3. The van der Waals surface area contributed by atoms with Gasteiger partial charge in [0.05, 0.1) is 35.4 Å². The molecule has 2 heterocycles. The van der Waals surface area contributed by atoms with Crippen molar-refractivity contribution in [2.24, 2.45) is 0 Å². The van der Waals surface area contributed by atoms with Crippen molar-refractivity contribution in [2.75, 3.05) is 29.5 Å². The minimum atomic E-state index is -4.62. The number of rotatable bonds is 18. The van der Waals surface area contributed by atoms with Gasteiger partial charge in [-0.15, -0.1) is 0 Å². The number of unbranched alkanes of at least 4 members (excludes halogenated alkanes) is 1. The second-order valence-corrected chi connectivity index (χ2v) is 20.0. The average Bonchev–Trinajstić information content (AvgIpc) is 3.40. The fraction of sp³-hybridized carbons (Fsp3) is 0.429. The highest BCUT2D eigenvalue weighted by Gasteiger charge is 2.45. The first-order valence-corrected chi connectivity index (χ1v) is 23.1. The van der Waals surface area contributed by atoms with Crippen LogP contribution >= 0.6 is 0 Å². The van der Waals surface area contributed by atoms with E-state index in [0.717, 1.165) is 0 Å². The number of hydrogen-bond acceptors (Lipinski definition) is 12. The molecule has 0 saturated carbocycles. The van der Waals surface area contributed by atoms with E-state index in [4.69, 9.17) is 0 Å². The van der Waals surface area contributed by atoms with Crippen molar-refractivity contribution in [1.29, 1.82) is 0 Å². The number of allylic oxidation sites excluding steroid dienone is 6. The number of hydrogen-bond donors (Lipinski definition) is 3. The molecular formula is C35H43N2O14S4-. The van der Waals surface area contributed by atoms with E-state index in [1.54, 1.807) is 39.9 Å². The Hall–Kier alpha value is -3.76. The lowest BCUT2D eigenvalue weighted by Gasteiger charge is -2.30. The van der Waals surface area contributed by atoms with E-state index in [-0.39, 0.29) is 42.1 Å². The van der Waals surface area contributed by atoms with Gasteiger partial charge in [0.2, 0.25) is 5.69 Å². The van der Waals surface area contributed by atoms with Crippen molar-refractivity contribution in [2.45, 2.75) is 79.9 Å². The third kappa shape index (κ3) is 10.8. The highest BCUT2D eigenvalue weighted by Crippen LogP contribution is 2.51. The third-order valence-electron chi connectivity index (χ3n) is 9.77. The molecule has 16 nitrogen and oxygen atoms in total. The summed E-state index contributed by atoms with van der Waals surface area (Å²) in [6.07, 6.45) is 9.24. The van der Waals surface area contributed by atoms with Gasteiger partial charge in [0, 0.05) is 65.4 Å². The lowest BCUT2D eigenvalue weighted by molar-refractivity contribution is -0.437. The van der Waals surface area contributed by atoms with E-state index in [0.29, 0.717) is 53.2 Å². The van der Waals surface area contributed by atoms with Crippen LogP contribution in [0.3, 0.4) is 0 Å². The molecule has 55 heavy (non-hydrogen) atoms. The van der Waals surface area contributed by atoms with Crippen LogP contribution in [-0.2, 0) is 56.1 Å². The molecule has 2 aromatic carbocycles. The molecule has 0 bridgehead atoms. The molecule has 0 spiro atoms. The summed E-state index contributed by atoms with van der Waals surface area (Å²) in [5.41, 5.74) is 1.44. The minimum absolute atomic E-state index is 0.0327. The monoisotopic (exact) mass is 843 g/mol. The van der Waals surface area contributed by atoms with Crippen molar-refractivity contribution in [1.82, 2.24) is 0 Å². The van der Waals surface area contributed by atoms with Gasteiger partial charge in [-0.05, 0) is 82.0 Å². The standard InChI is InChI=1S/C35H44N2O14S4/c1-34(2)27-23-25(54(46,47)48)14-16-29(27)36(19-9-21-52(40,41)42)31(34)11-5-4-6-12-32-35(3,18-8-7-13-33(38)39)28-24-26(55(49,50)51)15-17-30(28)37(32)20-10-22-53(43,44)45/h4-6,11-12,14-17,23-24H,7-10,13,18-22H2,1-3H3,(H4-,38,39,40,41,42,43,44,45,46,47,48,49,50,51)/p-1. The number of carbonyl (C=O) groups is 1. The Morgan fingerprint density at radius 3 is 1.95 bits per heavy atom. The predicted octanol–water partition coefficient (Wildman–Crippen LogP) is 3.85. The summed E-state index contributed by atoms with van der Waals surface area (Å²) in [6.45, 7) is 5.57. The molecule has 2 aliphatic heterocycles. The summed E-state index contributed by atoms with van der Waals surface area (Å²) in [6, 6.07) is 8.03. The smallest absolute Gasteiger partial charge is 0.303 e. The quantitative estimate of drug-likeness (QED) is 0.0833. The van der Waals surface area contributed by atoms with Crippen molar-refractivity contribution in [3.63, 3.8) is 0 Å². The minimum Gasteiger partial charge on any atom is -0.748 e. The number of benzene rings is 2. The zero-order valence-corrected chi connectivity index (χ0v) is 33.5.